The molecule has 0 radical (unpaired) electrons. The Labute approximate surface area is 175 Å². The molecule has 4 rings (SSSR count). The molecule has 1 heterocycles. The zero-order valence-corrected chi connectivity index (χ0v) is 16.4. The normalized spacial score (nSPS) is 18.6. The molecule has 1 aliphatic carbocycles. The van der Waals surface area contributed by atoms with Crippen molar-refractivity contribution in [3.05, 3.63) is 71.6 Å². The first-order valence-corrected chi connectivity index (χ1v) is 9.11. The van der Waals surface area contributed by atoms with Crippen LogP contribution in [0.5, 0.6) is 5.75 Å². The van der Waals surface area contributed by atoms with Gasteiger partial charge in [0.1, 0.15) is 23.5 Å². The molecule has 2 atom stereocenters. The second-order valence-electron chi connectivity index (χ2n) is 6.98. The minimum Gasteiger partial charge on any atom is -0.489 e. The molecule has 3 aromatic rings. The number of benzene rings is 2. The predicted molar refractivity (Wildman–Crippen MR) is 105 cm³/mol. The van der Waals surface area contributed by atoms with E-state index in [1.54, 1.807) is 24.5 Å². The van der Waals surface area contributed by atoms with Crippen LogP contribution >= 0.6 is 12.4 Å². The van der Waals surface area contributed by atoms with Gasteiger partial charge in [0.15, 0.2) is 0 Å². The second kappa shape index (κ2) is 8.73. The third-order valence-electron chi connectivity index (χ3n) is 5.16. The quantitative estimate of drug-likeness (QED) is 0.516. The van der Waals surface area contributed by atoms with Crippen LogP contribution in [0.15, 0.2) is 48.8 Å². The van der Waals surface area contributed by atoms with Crippen molar-refractivity contribution in [2.24, 2.45) is 0 Å². The van der Waals surface area contributed by atoms with E-state index in [0.717, 1.165) is 23.3 Å². The average Bonchev–Trinajstić information content (AvgIpc) is 2.67. The zero-order valence-electron chi connectivity index (χ0n) is 15.5. The van der Waals surface area contributed by atoms with Gasteiger partial charge in [-0.05, 0) is 54.6 Å². The second-order valence-corrected chi connectivity index (χ2v) is 6.98. The van der Waals surface area contributed by atoms with Gasteiger partial charge < -0.3 is 10.1 Å². The van der Waals surface area contributed by atoms with Gasteiger partial charge in [-0.3, -0.25) is 4.98 Å². The van der Waals surface area contributed by atoms with Crippen molar-refractivity contribution in [2.75, 3.05) is 0 Å². The highest BCUT2D eigenvalue weighted by atomic mass is 35.5. The fourth-order valence-electron chi connectivity index (χ4n) is 3.43. The molecule has 30 heavy (non-hydrogen) atoms. The SMILES string of the molecule is Cl.Fc1ccc(O[C@@H]2CC[C@H]2NCc2c(F)ccc3cnccc23)cc1C(F)(F)F. The largest absolute Gasteiger partial charge is 0.489 e. The van der Waals surface area contributed by atoms with E-state index in [-0.39, 0.29) is 42.7 Å². The molecule has 1 aromatic heterocycles. The molecule has 2 aromatic carbocycles. The molecule has 0 amide bonds. The lowest BCUT2D eigenvalue weighted by Gasteiger charge is -2.37. The Morgan fingerprint density at radius 2 is 1.80 bits per heavy atom. The molecular formula is C21H18ClF5N2O. The van der Waals surface area contributed by atoms with Gasteiger partial charge in [0.25, 0.3) is 0 Å². The van der Waals surface area contributed by atoms with Crippen molar-refractivity contribution < 1.29 is 26.7 Å². The monoisotopic (exact) mass is 444 g/mol. The van der Waals surface area contributed by atoms with Gasteiger partial charge in [0.2, 0.25) is 0 Å². The first-order chi connectivity index (χ1) is 13.8. The van der Waals surface area contributed by atoms with Crippen LogP contribution in [0.1, 0.15) is 24.0 Å². The number of hydrogen-bond donors (Lipinski definition) is 1. The molecular weight excluding hydrogens is 427 g/mol. The number of pyridine rings is 1. The zero-order chi connectivity index (χ0) is 20.6. The summed E-state index contributed by atoms with van der Waals surface area (Å²) in [7, 11) is 0. The fourth-order valence-corrected chi connectivity index (χ4v) is 3.43. The minimum atomic E-state index is -4.79. The maximum Gasteiger partial charge on any atom is 0.419 e. The van der Waals surface area contributed by atoms with E-state index in [0.29, 0.717) is 18.1 Å². The summed E-state index contributed by atoms with van der Waals surface area (Å²) in [4.78, 5) is 4.03. The van der Waals surface area contributed by atoms with Gasteiger partial charge in [0, 0.05) is 35.9 Å². The molecule has 1 fully saturated rings. The van der Waals surface area contributed by atoms with Gasteiger partial charge >= 0.3 is 6.18 Å². The van der Waals surface area contributed by atoms with Gasteiger partial charge in [-0.1, -0.05) is 0 Å². The van der Waals surface area contributed by atoms with E-state index in [9.17, 15) is 22.0 Å². The Kier molecular flexibility index (Phi) is 6.47. The van der Waals surface area contributed by atoms with Crippen LogP contribution in [-0.4, -0.2) is 17.1 Å². The summed E-state index contributed by atoms with van der Waals surface area (Å²) in [5.74, 6) is -1.73. The standard InChI is InChI=1S/C21H17F5N2O.ClH/c22-17-3-1-12-10-27-8-7-14(12)15(17)11-28-19-5-6-20(19)29-13-2-4-18(23)16(9-13)21(24,25)26;/h1-4,7-10,19-20,28H,5-6,11H2;1H/t19-,20-;/m1./s1. The highest BCUT2D eigenvalue weighted by Gasteiger charge is 2.36. The maximum atomic E-state index is 14.3. The topological polar surface area (TPSA) is 34.1 Å². The van der Waals surface area contributed by atoms with Crippen molar-refractivity contribution in [3.8, 4) is 5.75 Å². The van der Waals surface area contributed by atoms with Crippen LogP contribution < -0.4 is 10.1 Å². The van der Waals surface area contributed by atoms with E-state index in [4.69, 9.17) is 4.74 Å². The van der Waals surface area contributed by atoms with E-state index >= 15 is 0 Å². The van der Waals surface area contributed by atoms with Crippen LogP contribution in [-0.2, 0) is 12.7 Å². The number of ether oxygens (including phenoxy) is 1. The molecule has 3 nitrogen and oxygen atoms in total. The number of halogens is 6. The summed E-state index contributed by atoms with van der Waals surface area (Å²) >= 11 is 0. The van der Waals surface area contributed by atoms with E-state index < -0.39 is 17.6 Å². The number of nitrogens with one attached hydrogen (secondary N) is 1. The predicted octanol–water partition coefficient (Wildman–Crippen LogP) is 5.65. The molecule has 1 saturated carbocycles. The summed E-state index contributed by atoms with van der Waals surface area (Å²) in [6.07, 6.45) is -0.541. The molecule has 160 valence electrons. The number of fused-ring (bicyclic) bond motifs is 1. The van der Waals surface area contributed by atoms with Crippen LogP contribution in [0.4, 0.5) is 22.0 Å². The molecule has 0 aliphatic heterocycles. The van der Waals surface area contributed by atoms with Crippen LogP contribution in [0, 0.1) is 11.6 Å². The Hall–Kier alpha value is -2.45. The highest BCUT2D eigenvalue weighted by molar-refractivity contribution is 5.85. The summed E-state index contributed by atoms with van der Waals surface area (Å²) in [6, 6.07) is 7.22. The third kappa shape index (κ3) is 4.49. The minimum absolute atomic E-state index is 0. The molecule has 1 N–H and O–H groups in total. The number of rotatable bonds is 5. The first kappa shape index (κ1) is 22.2. The number of hydrogen-bond acceptors (Lipinski definition) is 3. The molecule has 0 unspecified atom stereocenters. The fraction of sp³-hybridized carbons (Fsp3) is 0.286. The Morgan fingerprint density at radius 1 is 1.03 bits per heavy atom. The van der Waals surface area contributed by atoms with Gasteiger partial charge in [-0.25, -0.2) is 8.78 Å². The summed E-state index contributed by atoms with van der Waals surface area (Å²) in [6.45, 7) is 0.245. The summed E-state index contributed by atoms with van der Waals surface area (Å²) < 4.78 is 71.9. The lowest BCUT2D eigenvalue weighted by molar-refractivity contribution is -0.140. The number of alkyl halides is 3. The smallest absolute Gasteiger partial charge is 0.419 e. The highest BCUT2D eigenvalue weighted by Crippen LogP contribution is 2.35. The summed E-state index contributed by atoms with van der Waals surface area (Å²) in [5.41, 5.74) is -0.859. The van der Waals surface area contributed by atoms with E-state index in [1.165, 1.54) is 12.1 Å². The van der Waals surface area contributed by atoms with Gasteiger partial charge in [-0.15, -0.1) is 12.4 Å². The average molecular weight is 445 g/mol. The van der Waals surface area contributed by atoms with Crippen LogP contribution in [0.3, 0.4) is 0 Å². The van der Waals surface area contributed by atoms with Crippen molar-refractivity contribution in [1.82, 2.24) is 10.3 Å². The molecule has 9 heteroatoms. The van der Waals surface area contributed by atoms with Crippen molar-refractivity contribution >= 4 is 23.2 Å². The van der Waals surface area contributed by atoms with Crippen LogP contribution in [0.25, 0.3) is 10.8 Å². The van der Waals surface area contributed by atoms with E-state index in [2.05, 4.69) is 10.3 Å². The van der Waals surface area contributed by atoms with Crippen molar-refractivity contribution in [1.29, 1.82) is 0 Å². The Morgan fingerprint density at radius 3 is 2.50 bits per heavy atom. The third-order valence-corrected chi connectivity index (χ3v) is 5.16. The lowest BCUT2D eigenvalue weighted by atomic mass is 9.88. The first-order valence-electron chi connectivity index (χ1n) is 9.11. The lowest BCUT2D eigenvalue weighted by Crippen LogP contribution is -2.50. The van der Waals surface area contributed by atoms with Gasteiger partial charge in [0.05, 0.1) is 5.56 Å². The van der Waals surface area contributed by atoms with E-state index in [1.807, 2.05) is 0 Å². The molecule has 0 spiro atoms. The Balaban J connectivity index is 0.00000256. The Bertz CT molecular complexity index is 1040. The summed E-state index contributed by atoms with van der Waals surface area (Å²) in [5, 5.41) is 4.78. The number of nitrogens with zero attached hydrogens (tertiary/aromatic N) is 1. The van der Waals surface area contributed by atoms with Gasteiger partial charge in [-0.2, -0.15) is 13.2 Å². The van der Waals surface area contributed by atoms with Crippen molar-refractivity contribution in [2.45, 2.75) is 37.7 Å². The van der Waals surface area contributed by atoms with Crippen molar-refractivity contribution in [3.63, 3.8) is 0 Å². The molecule has 0 bridgehead atoms. The maximum absolute atomic E-state index is 14.3. The molecule has 1 aliphatic rings. The van der Waals surface area contributed by atoms with Crippen LogP contribution in [0.2, 0.25) is 0 Å². The molecule has 0 saturated heterocycles. The number of aromatic nitrogens is 1.